The number of carbonyl (C=O) groups is 1. The van der Waals surface area contributed by atoms with Crippen molar-refractivity contribution < 1.29 is 9.90 Å². The first kappa shape index (κ1) is 16.0. The van der Waals surface area contributed by atoms with Crippen molar-refractivity contribution in [1.82, 2.24) is 19.8 Å². The van der Waals surface area contributed by atoms with Crippen molar-refractivity contribution in [2.45, 2.75) is 32.0 Å². The molecule has 2 heterocycles. The van der Waals surface area contributed by atoms with Crippen LogP contribution in [0.3, 0.4) is 0 Å². The second kappa shape index (κ2) is 7.63. The summed E-state index contributed by atoms with van der Waals surface area (Å²) in [5, 5.41) is 16.1. The van der Waals surface area contributed by atoms with Crippen LogP contribution >= 0.6 is 11.5 Å². The number of carbonyl (C=O) groups excluding carboxylic acids is 1. The molecule has 0 radical (unpaired) electrons. The molecule has 1 aromatic carbocycles. The topological polar surface area (TPSA) is 78.4 Å². The van der Waals surface area contributed by atoms with E-state index in [-0.39, 0.29) is 18.6 Å². The van der Waals surface area contributed by atoms with Gasteiger partial charge in [-0.2, -0.15) is 0 Å². The van der Waals surface area contributed by atoms with Crippen molar-refractivity contribution in [3.05, 3.63) is 46.5 Å². The molecule has 7 heteroatoms. The van der Waals surface area contributed by atoms with Crippen molar-refractivity contribution in [2.24, 2.45) is 0 Å². The van der Waals surface area contributed by atoms with E-state index in [9.17, 15) is 9.90 Å². The number of aromatic nitrogens is 2. The molecule has 1 aliphatic rings. The number of hydrogen-bond acceptors (Lipinski definition) is 6. The summed E-state index contributed by atoms with van der Waals surface area (Å²) in [6.07, 6.45) is 3.65. The van der Waals surface area contributed by atoms with Gasteiger partial charge in [0.15, 0.2) is 0 Å². The number of benzene rings is 1. The van der Waals surface area contributed by atoms with E-state index >= 15 is 0 Å². The minimum absolute atomic E-state index is 0.149. The van der Waals surface area contributed by atoms with Gasteiger partial charge >= 0.3 is 0 Å². The predicted molar refractivity (Wildman–Crippen MR) is 88.0 cm³/mol. The summed E-state index contributed by atoms with van der Waals surface area (Å²) >= 11 is 1.09. The Bertz CT molecular complexity index is 647. The van der Waals surface area contributed by atoms with Crippen LogP contribution in [0.25, 0.3) is 0 Å². The lowest BCUT2D eigenvalue weighted by atomic mass is 10.1. The Balaban J connectivity index is 1.65. The minimum atomic E-state index is -0.149. The van der Waals surface area contributed by atoms with Gasteiger partial charge in [-0.05, 0) is 42.0 Å². The number of amides is 1. The molecule has 1 atom stereocenters. The number of nitrogens with zero attached hydrogens (tertiary/aromatic N) is 3. The lowest BCUT2D eigenvalue weighted by Gasteiger charge is -2.24. The van der Waals surface area contributed by atoms with Crippen molar-refractivity contribution in [3.63, 3.8) is 0 Å². The smallest absolute Gasteiger partial charge is 0.264 e. The minimum Gasteiger partial charge on any atom is -0.395 e. The Morgan fingerprint density at radius 3 is 2.96 bits per heavy atom. The molecule has 1 unspecified atom stereocenters. The van der Waals surface area contributed by atoms with E-state index in [1.165, 1.54) is 11.8 Å². The van der Waals surface area contributed by atoms with Crippen molar-refractivity contribution >= 4 is 17.4 Å². The molecule has 122 valence electrons. The van der Waals surface area contributed by atoms with Crippen LogP contribution in [-0.2, 0) is 13.1 Å². The first-order chi connectivity index (χ1) is 11.3. The molecule has 0 spiro atoms. The third-order valence-electron chi connectivity index (χ3n) is 4.23. The average molecular weight is 332 g/mol. The molecule has 1 aliphatic heterocycles. The molecule has 23 heavy (non-hydrogen) atoms. The molecule has 0 saturated carbocycles. The van der Waals surface area contributed by atoms with Crippen molar-refractivity contribution in [1.29, 1.82) is 0 Å². The van der Waals surface area contributed by atoms with Gasteiger partial charge in [0.05, 0.1) is 12.8 Å². The summed E-state index contributed by atoms with van der Waals surface area (Å²) < 4.78 is 3.70. The monoisotopic (exact) mass is 332 g/mol. The van der Waals surface area contributed by atoms with Crippen LogP contribution in [0.1, 0.15) is 33.6 Å². The first-order valence-electron chi connectivity index (χ1n) is 7.75. The molecular weight excluding hydrogens is 312 g/mol. The van der Waals surface area contributed by atoms with Crippen LogP contribution in [0.2, 0.25) is 0 Å². The van der Waals surface area contributed by atoms with E-state index in [1.54, 1.807) is 0 Å². The van der Waals surface area contributed by atoms with Crippen LogP contribution in [-0.4, -0.2) is 44.7 Å². The summed E-state index contributed by atoms with van der Waals surface area (Å²) in [5.74, 6) is -0.149. The van der Waals surface area contributed by atoms with Gasteiger partial charge in [-0.1, -0.05) is 28.8 Å². The Labute approximate surface area is 139 Å². The fraction of sp³-hybridized carbons (Fsp3) is 0.438. The zero-order valence-electron chi connectivity index (χ0n) is 12.8. The summed E-state index contributed by atoms with van der Waals surface area (Å²) in [5.41, 5.74) is 2.29. The maximum absolute atomic E-state index is 12.0. The van der Waals surface area contributed by atoms with E-state index in [0.717, 1.165) is 43.0 Å². The maximum atomic E-state index is 12.0. The normalized spacial score (nSPS) is 18.2. The number of hydrogen-bond donors (Lipinski definition) is 2. The molecule has 3 rings (SSSR count). The van der Waals surface area contributed by atoms with Gasteiger partial charge in [0.2, 0.25) is 0 Å². The van der Waals surface area contributed by atoms with Crippen LogP contribution in [0.4, 0.5) is 0 Å². The Morgan fingerprint density at radius 1 is 1.39 bits per heavy atom. The Kier molecular flexibility index (Phi) is 5.32. The number of aliphatic hydroxyl groups is 1. The Hall–Kier alpha value is -1.83. The van der Waals surface area contributed by atoms with Gasteiger partial charge in [0.1, 0.15) is 4.88 Å². The number of aliphatic hydroxyl groups excluding tert-OH is 1. The highest BCUT2D eigenvalue weighted by Gasteiger charge is 2.24. The fourth-order valence-corrected chi connectivity index (χ4v) is 3.37. The number of likely N-dealkylation sites (tertiary alicyclic amines) is 1. The van der Waals surface area contributed by atoms with Crippen molar-refractivity contribution in [3.8, 4) is 0 Å². The van der Waals surface area contributed by atoms with Gasteiger partial charge in [0.25, 0.3) is 5.91 Å². The number of nitrogens with one attached hydrogen (secondary N) is 1. The van der Waals surface area contributed by atoms with Crippen LogP contribution in [0.5, 0.6) is 0 Å². The summed E-state index contributed by atoms with van der Waals surface area (Å²) in [6, 6.07) is 8.36. The zero-order valence-corrected chi connectivity index (χ0v) is 13.6. The second-order valence-electron chi connectivity index (χ2n) is 5.68. The lowest BCUT2D eigenvalue weighted by molar-refractivity contribution is 0.0954. The second-order valence-corrected chi connectivity index (χ2v) is 6.47. The van der Waals surface area contributed by atoms with Gasteiger partial charge in [0, 0.05) is 19.1 Å². The van der Waals surface area contributed by atoms with Crippen molar-refractivity contribution in [2.75, 3.05) is 13.2 Å². The van der Waals surface area contributed by atoms with E-state index < -0.39 is 0 Å². The number of rotatable bonds is 6. The van der Waals surface area contributed by atoms with Gasteiger partial charge < -0.3 is 10.4 Å². The third kappa shape index (κ3) is 3.93. The maximum Gasteiger partial charge on any atom is 0.264 e. The quantitative estimate of drug-likeness (QED) is 0.836. The third-order valence-corrected chi connectivity index (χ3v) is 4.89. The van der Waals surface area contributed by atoms with Gasteiger partial charge in [-0.3, -0.25) is 9.69 Å². The molecule has 6 nitrogen and oxygen atoms in total. The molecule has 0 aliphatic carbocycles. The van der Waals surface area contributed by atoms with Gasteiger partial charge in [-0.25, -0.2) is 0 Å². The Morgan fingerprint density at radius 2 is 2.22 bits per heavy atom. The predicted octanol–water partition coefficient (Wildman–Crippen LogP) is 1.42. The molecule has 2 aromatic rings. The first-order valence-corrected chi connectivity index (χ1v) is 8.52. The highest BCUT2D eigenvalue weighted by molar-refractivity contribution is 7.07. The van der Waals surface area contributed by atoms with E-state index in [2.05, 4.69) is 25.9 Å². The summed E-state index contributed by atoms with van der Waals surface area (Å²) in [6.45, 7) is 2.50. The van der Waals surface area contributed by atoms with Gasteiger partial charge in [-0.15, -0.1) is 5.10 Å². The van der Waals surface area contributed by atoms with Crippen LogP contribution in [0.15, 0.2) is 30.5 Å². The highest BCUT2D eigenvalue weighted by atomic mass is 32.1. The lowest BCUT2D eigenvalue weighted by Crippen LogP contribution is -2.32. The molecule has 2 N–H and O–H groups in total. The van der Waals surface area contributed by atoms with E-state index in [4.69, 9.17) is 0 Å². The summed E-state index contributed by atoms with van der Waals surface area (Å²) in [4.78, 5) is 14.8. The molecule has 1 amide bonds. The zero-order chi connectivity index (χ0) is 16.1. The van der Waals surface area contributed by atoms with E-state index in [0.29, 0.717) is 11.4 Å². The molecule has 1 fully saturated rings. The average Bonchev–Trinajstić information content (AvgIpc) is 3.25. The molecule has 0 bridgehead atoms. The molecule has 1 saturated heterocycles. The van der Waals surface area contributed by atoms with Crippen LogP contribution < -0.4 is 5.32 Å². The largest absolute Gasteiger partial charge is 0.395 e. The molecular formula is C16H20N4O2S. The molecule has 1 aromatic heterocycles. The SMILES string of the molecule is O=C(NCc1ccccc1CN1CCCC1CO)c1cnns1. The summed E-state index contributed by atoms with van der Waals surface area (Å²) in [7, 11) is 0. The van der Waals surface area contributed by atoms with Crippen LogP contribution in [0, 0.1) is 0 Å². The fourth-order valence-electron chi connectivity index (χ4n) is 2.94. The van der Waals surface area contributed by atoms with E-state index in [1.807, 2.05) is 18.2 Å². The standard InChI is InChI=1S/C16H20N4O2S/c21-11-14-6-3-7-20(14)10-13-5-2-1-4-12(13)8-17-16(22)15-9-18-19-23-15/h1-2,4-5,9,14,21H,3,6-8,10-11H2,(H,17,22). The highest BCUT2D eigenvalue weighted by Crippen LogP contribution is 2.21.